The first kappa shape index (κ1) is 21.8. The number of urea groups is 1. The second-order valence-electron chi connectivity index (χ2n) is 7.59. The fourth-order valence-corrected chi connectivity index (χ4v) is 3.45. The topological polar surface area (TPSA) is 127 Å². The van der Waals surface area contributed by atoms with Crippen LogP contribution < -0.4 is 15.4 Å². The zero-order valence-corrected chi connectivity index (χ0v) is 17.5. The number of β-amino-alcohol motifs (C(OH)–C–C–N with tert-alkyl or cyclic N) is 1. The number of guanidine groups is 1. The highest BCUT2D eigenvalue weighted by atomic mass is 16.5. The third kappa shape index (κ3) is 4.65. The van der Waals surface area contributed by atoms with Crippen molar-refractivity contribution < 1.29 is 24.5 Å². The Morgan fingerprint density at radius 2 is 2.03 bits per heavy atom. The molecule has 3 unspecified atom stereocenters. The van der Waals surface area contributed by atoms with Crippen molar-refractivity contribution in [2.75, 3.05) is 33.4 Å². The molecule has 1 aromatic carbocycles. The Balaban J connectivity index is 1.70. The van der Waals surface area contributed by atoms with E-state index in [-0.39, 0.29) is 19.8 Å². The van der Waals surface area contributed by atoms with Crippen LogP contribution in [0.25, 0.3) is 0 Å². The summed E-state index contributed by atoms with van der Waals surface area (Å²) >= 11 is 0. The van der Waals surface area contributed by atoms with Crippen molar-refractivity contribution in [1.29, 1.82) is 0 Å². The molecule has 0 aliphatic carbocycles. The van der Waals surface area contributed by atoms with E-state index in [1.165, 1.54) is 4.90 Å². The van der Waals surface area contributed by atoms with Crippen LogP contribution in [0.2, 0.25) is 0 Å². The number of nitrogens with zero attached hydrogens (tertiary/aromatic N) is 3. The molecule has 10 nitrogen and oxygen atoms in total. The van der Waals surface area contributed by atoms with Crippen LogP contribution in [-0.2, 0) is 4.79 Å². The average Bonchev–Trinajstić information content (AvgIpc) is 3.06. The van der Waals surface area contributed by atoms with Gasteiger partial charge >= 0.3 is 6.03 Å². The maximum absolute atomic E-state index is 12.5. The van der Waals surface area contributed by atoms with Crippen LogP contribution in [0.3, 0.4) is 0 Å². The van der Waals surface area contributed by atoms with Crippen molar-refractivity contribution in [2.45, 2.75) is 38.6 Å². The number of aryl methyl sites for hydroxylation is 2. The molecule has 3 amide bonds. The fourth-order valence-electron chi connectivity index (χ4n) is 3.45. The SMILES string of the molecule is Cc1ccc(OCC(O)CN2C(=NCCCO)NC3C2C(=O)NC(=O)N3C)cc1C. The molecule has 0 bridgehead atoms. The predicted octanol–water partition coefficient (Wildman–Crippen LogP) is -0.437. The number of nitrogens with one attached hydrogen (secondary N) is 2. The van der Waals surface area contributed by atoms with E-state index in [2.05, 4.69) is 15.6 Å². The van der Waals surface area contributed by atoms with Crippen molar-refractivity contribution in [1.82, 2.24) is 20.4 Å². The van der Waals surface area contributed by atoms with E-state index in [1.807, 2.05) is 32.0 Å². The number of hydrogen-bond acceptors (Lipinski definition) is 6. The number of carbonyl (C=O) groups is 2. The highest BCUT2D eigenvalue weighted by Gasteiger charge is 2.50. The normalized spacial score (nSPS) is 23.3. The van der Waals surface area contributed by atoms with Crippen molar-refractivity contribution >= 4 is 17.9 Å². The molecular weight excluding hydrogens is 390 g/mol. The predicted molar refractivity (Wildman–Crippen MR) is 110 cm³/mol. The summed E-state index contributed by atoms with van der Waals surface area (Å²) in [5.74, 6) is 0.609. The number of hydrogen-bond donors (Lipinski definition) is 4. The second-order valence-corrected chi connectivity index (χ2v) is 7.59. The van der Waals surface area contributed by atoms with Gasteiger partial charge in [0, 0.05) is 20.2 Å². The summed E-state index contributed by atoms with van der Waals surface area (Å²) < 4.78 is 5.71. The molecule has 30 heavy (non-hydrogen) atoms. The lowest BCUT2D eigenvalue weighted by atomic mass is 10.1. The summed E-state index contributed by atoms with van der Waals surface area (Å²) in [6.07, 6.45) is -1.02. The van der Waals surface area contributed by atoms with Gasteiger partial charge in [-0.1, -0.05) is 6.07 Å². The number of fused-ring (bicyclic) bond motifs is 1. The molecule has 0 radical (unpaired) electrons. The first-order valence-electron chi connectivity index (χ1n) is 9.96. The van der Waals surface area contributed by atoms with Crippen molar-refractivity contribution in [3.63, 3.8) is 0 Å². The van der Waals surface area contributed by atoms with Gasteiger partial charge in [-0.25, -0.2) is 4.79 Å². The number of likely N-dealkylation sites (N-methyl/N-ethyl adjacent to an activating group) is 1. The number of ether oxygens (including phenoxy) is 1. The molecular formula is C20H29N5O5. The van der Waals surface area contributed by atoms with Gasteiger partial charge in [-0.2, -0.15) is 0 Å². The number of imide groups is 1. The Morgan fingerprint density at radius 1 is 1.27 bits per heavy atom. The monoisotopic (exact) mass is 419 g/mol. The van der Waals surface area contributed by atoms with E-state index >= 15 is 0 Å². The van der Waals surface area contributed by atoms with Gasteiger partial charge in [-0.3, -0.25) is 15.1 Å². The molecule has 2 fully saturated rings. The van der Waals surface area contributed by atoms with Crippen LogP contribution in [0.15, 0.2) is 23.2 Å². The molecule has 164 valence electrons. The Morgan fingerprint density at radius 3 is 2.73 bits per heavy atom. The lowest BCUT2D eigenvalue weighted by Gasteiger charge is -2.35. The molecule has 10 heteroatoms. The molecule has 1 aromatic rings. The molecule has 2 saturated heterocycles. The zero-order valence-electron chi connectivity index (χ0n) is 17.5. The van der Waals surface area contributed by atoms with Gasteiger partial charge in [0.2, 0.25) is 0 Å². The number of carbonyl (C=O) groups excluding carboxylic acids is 2. The summed E-state index contributed by atoms with van der Waals surface area (Å²) in [6.45, 7) is 4.48. The average molecular weight is 419 g/mol. The maximum atomic E-state index is 12.5. The van der Waals surface area contributed by atoms with Gasteiger partial charge in [0.1, 0.15) is 24.6 Å². The minimum atomic E-state index is -0.897. The van der Waals surface area contributed by atoms with Crippen molar-refractivity contribution in [2.24, 2.45) is 4.99 Å². The van der Waals surface area contributed by atoms with Gasteiger partial charge in [-0.05, 0) is 43.5 Å². The molecule has 0 aromatic heterocycles. The Hall–Kier alpha value is -2.85. The smallest absolute Gasteiger partial charge is 0.325 e. The van der Waals surface area contributed by atoms with Crippen molar-refractivity contribution in [3.05, 3.63) is 29.3 Å². The Bertz CT molecular complexity index is 830. The molecule has 2 heterocycles. The van der Waals surface area contributed by atoms with E-state index in [4.69, 9.17) is 9.84 Å². The summed E-state index contributed by atoms with van der Waals surface area (Å²) in [5, 5.41) is 25.0. The number of amides is 3. The number of rotatable bonds is 8. The van der Waals surface area contributed by atoms with E-state index in [0.29, 0.717) is 24.7 Å². The van der Waals surface area contributed by atoms with Crippen LogP contribution >= 0.6 is 0 Å². The molecule has 4 N–H and O–H groups in total. The Kier molecular flexibility index (Phi) is 6.78. The van der Waals surface area contributed by atoms with Gasteiger partial charge in [-0.15, -0.1) is 0 Å². The van der Waals surface area contributed by atoms with Crippen LogP contribution in [-0.4, -0.2) is 89.6 Å². The lowest BCUT2D eigenvalue weighted by molar-refractivity contribution is -0.127. The number of aliphatic hydroxyl groups is 2. The Labute approximate surface area is 175 Å². The summed E-state index contributed by atoms with van der Waals surface area (Å²) in [7, 11) is 1.58. The molecule has 0 spiro atoms. The van der Waals surface area contributed by atoms with Crippen LogP contribution in [0, 0.1) is 13.8 Å². The van der Waals surface area contributed by atoms with Crippen LogP contribution in [0.5, 0.6) is 5.75 Å². The maximum Gasteiger partial charge on any atom is 0.325 e. The molecule has 3 atom stereocenters. The largest absolute Gasteiger partial charge is 0.491 e. The quantitative estimate of drug-likeness (QED) is 0.421. The molecule has 3 rings (SSSR count). The first-order chi connectivity index (χ1) is 14.3. The first-order valence-corrected chi connectivity index (χ1v) is 9.96. The van der Waals surface area contributed by atoms with E-state index in [1.54, 1.807) is 11.9 Å². The number of aliphatic imine (C=N–C) groups is 1. The summed E-state index contributed by atoms with van der Waals surface area (Å²) in [4.78, 5) is 31.9. The molecule has 2 aliphatic rings. The summed E-state index contributed by atoms with van der Waals surface area (Å²) in [6, 6.07) is 4.49. The fraction of sp³-hybridized carbons (Fsp3) is 0.550. The van der Waals surface area contributed by atoms with Gasteiger partial charge in [0.15, 0.2) is 12.0 Å². The highest BCUT2D eigenvalue weighted by Crippen LogP contribution is 2.21. The van der Waals surface area contributed by atoms with E-state index in [9.17, 15) is 14.7 Å². The second kappa shape index (κ2) is 9.31. The minimum Gasteiger partial charge on any atom is -0.491 e. The van der Waals surface area contributed by atoms with E-state index in [0.717, 1.165) is 11.1 Å². The van der Waals surface area contributed by atoms with E-state index < -0.39 is 30.2 Å². The van der Waals surface area contributed by atoms with Crippen molar-refractivity contribution in [3.8, 4) is 5.75 Å². The van der Waals surface area contributed by atoms with Crippen LogP contribution in [0.1, 0.15) is 17.5 Å². The lowest BCUT2D eigenvalue weighted by Crippen LogP contribution is -2.65. The van der Waals surface area contributed by atoms with Gasteiger partial charge in [0.25, 0.3) is 5.91 Å². The third-order valence-electron chi connectivity index (χ3n) is 5.33. The zero-order chi connectivity index (χ0) is 21.8. The third-order valence-corrected chi connectivity index (χ3v) is 5.33. The minimum absolute atomic E-state index is 0.00502. The van der Waals surface area contributed by atoms with Crippen LogP contribution in [0.4, 0.5) is 4.79 Å². The standard InChI is InChI=1S/C20H29N5O5/c1-12-5-6-15(9-13(12)2)30-11-14(27)10-25-16-17(22-19(25)21-7-4-8-26)24(3)20(29)23-18(16)28/h5-6,9,14,16-17,26-27H,4,7-8,10-11H2,1-3H3,(H,21,22)(H,23,28,29). The molecule has 0 saturated carbocycles. The summed E-state index contributed by atoms with van der Waals surface area (Å²) in [5.41, 5.74) is 2.25. The van der Waals surface area contributed by atoms with Gasteiger partial charge < -0.3 is 30.1 Å². The van der Waals surface area contributed by atoms with Gasteiger partial charge in [0.05, 0.1) is 6.54 Å². The number of benzene rings is 1. The highest BCUT2D eigenvalue weighted by molar-refractivity contribution is 6.04. The number of aliphatic hydroxyl groups excluding tert-OH is 2. The molecule has 2 aliphatic heterocycles.